The average molecular weight is 395 g/mol. The number of nitrogens with zero attached hydrogens (tertiary/aromatic N) is 1. The van der Waals surface area contributed by atoms with Crippen LogP contribution in [0.2, 0.25) is 5.02 Å². The third kappa shape index (κ3) is 3.84. The lowest BCUT2D eigenvalue weighted by molar-refractivity contribution is -0.922. The minimum atomic E-state index is 0.0327. The maximum Gasteiger partial charge on any atom is 0.279 e. The van der Waals surface area contributed by atoms with E-state index in [9.17, 15) is 4.79 Å². The van der Waals surface area contributed by atoms with Crippen molar-refractivity contribution in [2.24, 2.45) is 0 Å². The monoisotopic (exact) mass is 394 g/mol. The lowest BCUT2D eigenvalue weighted by Crippen LogP contribution is -3.14. The van der Waals surface area contributed by atoms with Crippen molar-refractivity contribution in [1.82, 2.24) is 4.57 Å². The molecule has 2 aromatic carbocycles. The van der Waals surface area contributed by atoms with Crippen LogP contribution in [0.4, 0.5) is 5.69 Å². The predicted molar refractivity (Wildman–Crippen MR) is 113 cm³/mol. The molecule has 1 aromatic heterocycles. The molecular formula is C23H25ClN3O+. The third-order valence-corrected chi connectivity index (χ3v) is 5.84. The van der Waals surface area contributed by atoms with E-state index in [1.807, 2.05) is 36.4 Å². The molecule has 0 aliphatic carbocycles. The summed E-state index contributed by atoms with van der Waals surface area (Å²) in [5.74, 6) is 0.0327. The van der Waals surface area contributed by atoms with E-state index in [2.05, 4.69) is 48.1 Å². The van der Waals surface area contributed by atoms with Crippen LogP contribution in [0.15, 0.2) is 60.8 Å². The number of aromatic nitrogens is 1. The highest BCUT2D eigenvalue weighted by atomic mass is 35.5. The molecule has 5 heteroatoms. The van der Waals surface area contributed by atoms with E-state index < -0.39 is 0 Å². The van der Waals surface area contributed by atoms with Crippen molar-refractivity contribution in [3.05, 3.63) is 88.2 Å². The molecule has 4 rings (SSSR count). The smallest absolute Gasteiger partial charge is 0.279 e. The third-order valence-electron chi connectivity index (χ3n) is 5.60. The Morgan fingerprint density at radius 2 is 2.00 bits per heavy atom. The lowest BCUT2D eigenvalue weighted by Gasteiger charge is -2.34. The van der Waals surface area contributed by atoms with Gasteiger partial charge in [0.25, 0.3) is 5.91 Å². The maximum absolute atomic E-state index is 12.8. The normalized spacial score (nSPS) is 18.5. The van der Waals surface area contributed by atoms with Gasteiger partial charge in [-0.2, -0.15) is 0 Å². The first-order chi connectivity index (χ1) is 13.5. The summed E-state index contributed by atoms with van der Waals surface area (Å²) in [6.07, 6.45) is 2.11. The van der Waals surface area contributed by atoms with Gasteiger partial charge in [0.15, 0.2) is 12.6 Å². The number of amides is 1. The van der Waals surface area contributed by atoms with Crippen molar-refractivity contribution in [3.63, 3.8) is 0 Å². The molecule has 28 heavy (non-hydrogen) atoms. The molecule has 1 aliphatic rings. The quantitative estimate of drug-likeness (QED) is 0.699. The lowest BCUT2D eigenvalue weighted by atomic mass is 10.00. The van der Waals surface area contributed by atoms with Crippen LogP contribution in [0.3, 0.4) is 0 Å². The van der Waals surface area contributed by atoms with Gasteiger partial charge in [0.05, 0.1) is 18.8 Å². The van der Waals surface area contributed by atoms with Gasteiger partial charge in [0, 0.05) is 22.5 Å². The first-order valence-electron chi connectivity index (χ1n) is 9.63. The van der Waals surface area contributed by atoms with Crippen LogP contribution in [0.1, 0.15) is 28.4 Å². The Hall–Kier alpha value is -2.56. The largest absolute Gasteiger partial charge is 0.340 e. The average Bonchev–Trinajstić information content (AvgIpc) is 3.13. The van der Waals surface area contributed by atoms with E-state index in [-0.39, 0.29) is 11.9 Å². The number of hydrogen-bond acceptors (Lipinski definition) is 1. The number of nitrogens with one attached hydrogen (secondary N) is 2. The van der Waals surface area contributed by atoms with Crippen molar-refractivity contribution in [3.8, 4) is 0 Å². The van der Waals surface area contributed by atoms with Gasteiger partial charge in [-0.15, -0.1) is 0 Å². The zero-order valence-electron chi connectivity index (χ0n) is 16.2. The van der Waals surface area contributed by atoms with Crippen LogP contribution in [-0.4, -0.2) is 23.6 Å². The Kier molecular flexibility index (Phi) is 5.25. The van der Waals surface area contributed by atoms with Crippen LogP contribution >= 0.6 is 11.6 Å². The molecule has 0 saturated carbocycles. The number of rotatable bonds is 4. The number of benzene rings is 2. The van der Waals surface area contributed by atoms with Crippen molar-refractivity contribution in [1.29, 1.82) is 0 Å². The zero-order valence-corrected chi connectivity index (χ0v) is 17.0. The second-order valence-electron chi connectivity index (χ2n) is 7.55. The van der Waals surface area contributed by atoms with Gasteiger partial charge < -0.3 is 14.8 Å². The van der Waals surface area contributed by atoms with Crippen LogP contribution in [-0.2, 0) is 11.3 Å². The molecule has 2 heterocycles. The van der Waals surface area contributed by atoms with E-state index in [1.165, 1.54) is 21.7 Å². The van der Waals surface area contributed by atoms with E-state index >= 15 is 0 Å². The van der Waals surface area contributed by atoms with Crippen LogP contribution < -0.4 is 10.2 Å². The Labute approximate surface area is 170 Å². The highest BCUT2D eigenvalue weighted by Gasteiger charge is 2.33. The zero-order chi connectivity index (χ0) is 19.7. The molecule has 2 N–H and O–H groups in total. The molecule has 0 saturated heterocycles. The molecule has 0 spiro atoms. The van der Waals surface area contributed by atoms with Crippen molar-refractivity contribution in [2.75, 3.05) is 18.4 Å². The summed E-state index contributed by atoms with van der Waals surface area (Å²) in [5, 5.41) is 3.79. The van der Waals surface area contributed by atoms with Crippen LogP contribution in [0.25, 0.3) is 0 Å². The fourth-order valence-corrected chi connectivity index (χ4v) is 4.22. The molecule has 144 valence electrons. The number of aryl methyl sites for hydroxylation is 2. The summed E-state index contributed by atoms with van der Waals surface area (Å²) in [6.45, 7) is 6.34. The van der Waals surface area contributed by atoms with Gasteiger partial charge in [0.2, 0.25) is 0 Å². The summed E-state index contributed by atoms with van der Waals surface area (Å²) in [7, 11) is 0. The van der Waals surface area contributed by atoms with E-state index in [0.29, 0.717) is 6.54 Å². The van der Waals surface area contributed by atoms with Gasteiger partial charge >= 0.3 is 0 Å². The van der Waals surface area contributed by atoms with E-state index in [1.54, 1.807) is 0 Å². The first kappa shape index (κ1) is 18.8. The molecular weight excluding hydrogens is 370 g/mol. The summed E-state index contributed by atoms with van der Waals surface area (Å²) >= 11 is 6.26. The fraction of sp³-hybridized carbons (Fsp3) is 0.261. The summed E-state index contributed by atoms with van der Waals surface area (Å²) in [6, 6.07) is 18.3. The molecule has 0 fully saturated rings. The van der Waals surface area contributed by atoms with E-state index in [0.717, 1.165) is 29.4 Å². The predicted octanol–water partition coefficient (Wildman–Crippen LogP) is 3.38. The number of quaternary nitrogens is 1. The topological polar surface area (TPSA) is 38.5 Å². The molecule has 3 aromatic rings. The van der Waals surface area contributed by atoms with Crippen molar-refractivity contribution >= 4 is 23.2 Å². The Morgan fingerprint density at radius 3 is 2.79 bits per heavy atom. The van der Waals surface area contributed by atoms with Gasteiger partial charge in [-0.3, -0.25) is 4.79 Å². The van der Waals surface area contributed by atoms with Crippen LogP contribution in [0, 0.1) is 13.8 Å². The highest BCUT2D eigenvalue weighted by Crippen LogP contribution is 2.24. The summed E-state index contributed by atoms with van der Waals surface area (Å²) < 4.78 is 2.27. The standard InChI is InChI=1S/C23H24ClN3O/c1-16-8-9-20(13-17(16)2)25-22(28)15-27-12-11-26-10-4-7-21(26)23(27)18-5-3-6-19(24)14-18/h3-10,13-14,23H,11-12,15H2,1-2H3,(H,25,28)/p+1/t23-/m1/s1. The van der Waals surface area contributed by atoms with E-state index in [4.69, 9.17) is 11.6 Å². The SMILES string of the molecule is Cc1ccc(NC(=O)C[NH+]2CCn3cccc3[C@H]2c2cccc(Cl)c2)cc1C. The van der Waals surface area contributed by atoms with Crippen molar-refractivity contribution < 1.29 is 9.69 Å². The van der Waals surface area contributed by atoms with Gasteiger partial charge in [0.1, 0.15) is 0 Å². The number of hydrogen-bond donors (Lipinski definition) is 2. The second kappa shape index (κ2) is 7.82. The number of carbonyl (C=O) groups is 1. The molecule has 4 nitrogen and oxygen atoms in total. The molecule has 1 aliphatic heterocycles. The number of fused-ring (bicyclic) bond motifs is 1. The Morgan fingerprint density at radius 1 is 1.14 bits per heavy atom. The minimum Gasteiger partial charge on any atom is -0.340 e. The molecule has 0 radical (unpaired) electrons. The maximum atomic E-state index is 12.8. The molecule has 2 atom stereocenters. The molecule has 1 amide bonds. The fourth-order valence-electron chi connectivity index (χ4n) is 4.02. The number of halogens is 1. The molecule has 0 bridgehead atoms. The minimum absolute atomic E-state index is 0.0327. The second-order valence-corrected chi connectivity index (χ2v) is 7.98. The van der Waals surface area contributed by atoms with Crippen LogP contribution in [0.5, 0.6) is 0 Å². The van der Waals surface area contributed by atoms with Gasteiger partial charge in [-0.25, -0.2) is 0 Å². The summed E-state index contributed by atoms with van der Waals surface area (Å²) in [4.78, 5) is 14.0. The Bertz CT molecular complexity index is 1010. The highest BCUT2D eigenvalue weighted by molar-refractivity contribution is 6.30. The Balaban J connectivity index is 1.57. The first-order valence-corrected chi connectivity index (χ1v) is 10.0. The summed E-state index contributed by atoms with van der Waals surface area (Å²) in [5.41, 5.74) is 5.62. The molecule has 1 unspecified atom stereocenters. The number of anilines is 1. The van der Waals surface area contributed by atoms with Crippen molar-refractivity contribution in [2.45, 2.75) is 26.4 Å². The number of carbonyl (C=O) groups excluding carboxylic acids is 1. The van der Waals surface area contributed by atoms with Gasteiger partial charge in [-0.05, 0) is 61.4 Å². The van der Waals surface area contributed by atoms with Gasteiger partial charge in [-0.1, -0.05) is 29.8 Å².